The summed E-state index contributed by atoms with van der Waals surface area (Å²) in [7, 11) is 3.69. The van der Waals surface area contributed by atoms with Gasteiger partial charge in [0.1, 0.15) is 0 Å². The van der Waals surface area contributed by atoms with Crippen LogP contribution in [0.15, 0.2) is 29.3 Å². The van der Waals surface area contributed by atoms with Crippen LogP contribution in [-0.2, 0) is 10.2 Å². The molecule has 174 valence electrons. The first-order valence-electron chi connectivity index (χ1n) is 11.2. The second kappa shape index (κ2) is 12.3. The Hall–Kier alpha value is -1.06. The van der Waals surface area contributed by atoms with Crippen LogP contribution in [0.3, 0.4) is 0 Å². The van der Waals surface area contributed by atoms with Crippen molar-refractivity contribution in [3.63, 3.8) is 0 Å². The van der Waals surface area contributed by atoms with Crippen LogP contribution in [0.25, 0.3) is 0 Å². The number of aliphatic imine (C=N–C) groups is 1. The Bertz CT molecular complexity index is 753. The van der Waals surface area contributed by atoms with Crippen molar-refractivity contribution in [3.8, 4) is 0 Å². The van der Waals surface area contributed by atoms with Gasteiger partial charge in [-0.1, -0.05) is 23.7 Å². The Morgan fingerprint density at radius 1 is 1.32 bits per heavy atom. The monoisotopic (exact) mass is 561 g/mol. The first-order chi connectivity index (χ1) is 14.4. The van der Waals surface area contributed by atoms with Gasteiger partial charge in [-0.15, -0.1) is 24.0 Å². The van der Waals surface area contributed by atoms with Crippen LogP contribution in [0.1, 0.15) is 44.6 Å². The summed E-state index contributed by atoms with van der Waals surface area (Å²) in [5.41, 5.74) is 1.43. The normalized spacial score (nSPS) is 20.1. The number of halogens is 2. The van der Waals surface area contributed by atoms with Gasteiger partial charge in [0.15, 0.2) is 5.96 Å². The van der Waals surface area contributed by atoms with Crippen LogP contribution in [-0.4, -0.2) is 74.5 Å². The van der Waals surface area contributed by atoms with Gasteiger partial charge in [0.05, 0.1) is 12.6 Å². The van der Waals surface area contributed by atoms with Crippen molar-refractivity contribution < 1.29 is 4.79 Å². The summed E-state index contributed by atoms with van der Waals surface area (Å²) >= 11 is 6.19. The number of hydrogen-bond donors (Lipinski definition) is 2. The number of benzene rings is 1. The van der Waals surface area contributed by atoms with Crippen LogP contribution >= 0.6 is 35.6 Å². The van der Waals surface area contributed by atoms with E-state index in [1.165, 1.54) is 5.56 Å². The summed E-state index contributed by atoms with van der Waals surface area (Å²) in [5, 5.41) is 7.61. The maximum absolute atomic E-state index is 12.3. The van der Waals surface area contributed by atoms with Crippen LogP contribution in [0.2, 0.25) is 5.02 Å². The standard InChI is InChI=1S/C23H36ClN5O.HI/c1-4-25-22(27-17-23(11-12-23)18-8-5-9-19(24)16-18)26-13-7-15-29-14-6-10-20(29)21(30)28(2)3;/h5,8-9,16,20H,4,6-7,10-15,17H2,1-3H3,(H2,25,26,27);1H. The zero-order valence-corrected chi connectivity index (χ0v) is 22.1. The molecule has 2 N–H and O–H groups in total. The molecule has 1 saturated heterocycles. The highest BCUT2D eigenvalue weighted by atomic mass is 127. The quantitative estimate of drug-likeness (QED) is 0.210. The van der Waals surface area contributed by atoms with Gasteiger partial charge in [-0.3, -0.25) is 14.7 Å². The summed E-state index contributed by atoms with van der Waals surface area (Å²) in [6.45, 7) is 6.48. The van der Waals surface area contributed by atoms with Gasteiger partial charge in [-0.25, -0.2) is 0 Å². The Labute approximate surface area is 209 Å². The molecule has 6 nitrogen and oxygen atoms in total. The number of nitrogens with zero attached hydrogens (tertiary/aromatic N) is 3. The highest BCUT2D eigenvalue weighted by Crippen LogP contribution is 2.48. The smallest absolute Gasteiger partial charge is 0.239 e. The zero-order valence-electron chi connectivity index (χ0n) is 19.0. The summed E-state index contributed by atoms with van der Waals surface area (Å²) in [6, 6.07) is 8.24. The number of likely N-dealkylation sites (N-methyl/N-ethyl adjacent to an activating group) is 1. The molecular formula is C23H37ClIN5O. The lowest BCUT2D eigenvalue weighted by molar-refractivity contribution is -0.133. The highest BCUT2D eigenvalue weighted by Gasteiger charge is 2.44. The van der Waals surface area contributed by atoms with E-state index in [-0.39, 0.29) is 41.3 Å². The SMILES string of the molecule is CCNC(=NCC1(c2cccc(Cl)c2)CC1)NCCCN1CCCC1C(=O)N(C)C.I. The van der Waals surface area contributed by atoms with Gasteiger partial charge in [0.25, 0.3) is 0 Å². The number of rotatable bonds is 9. The van der Waals surface area contributed by atoms with E-state index in [0.29, 0.717) is 0 Å². The number of carbonyl (C=O) groups excluding carboxylic acids is 1. The van der Waals surface area contributed by atoms with Gasteiger partial charge in [-0.05, 0) is 63.3 Å². The number of likely N-dealkylation sites (tertiary alicyclic amines) is 1. The summed E-state index contributed by atoms with van der Waals surface area (Å²) in [5.74, 6) is 1.10. The first-order valence-corrected chi connectivity index (χ1v) is 11.6. The fourth-order valence-electron chi connectivity index (χ4n) is 4.24. The first kappa shape index (κ1) is 26.2. The van der Waals surface area contributed by atoms with Crippen LogP contribution in [0, 0.1) is 0 Å². The minimum atomic E-state index is 0. The molecule has 0 bridgehead atoms. The molecule has 1 saturated carbocycles. The van der Waals surface area contributed by atoms with Crippen LogP contribution in [0.4, 0.5) is 0 Å². The lowest BCUT2D eigenvalue weighted by Crippen LogP contribution is -2.44. The molecule has 3 rings (SSSR count). The predicted molar refractivity (Wildman–Crippen MR) is 140 cm³/mol. The van der Waals surface area contributed by atoms with Crippen LogP contribution < -0.4 is 10.6 Å². The molecule has 31 heavy (non-hydrogen) atoms. The highest BCUT2D eigenvalue weighted by molar-refractivity contribution is 14.0. The third-order valence-corrected chi connectivity index (χ3v) is 6.41. The number of hydrogen-bond acceptors (Lipinski definition) is 3. The molecule has 1 heterocycles. The third kappa shape index (κ3) is 7.22. The molecule has 1 amide bonds. The zero-order chi connectivity index (χ0) is 21.6. The van der Waals surface area contributed by atoms with Crippen molar-refractivity contribution in [2.24, 2.45) is 4.99 Å². The topological polar surface area (TPSA) is 60.0 Å². The second-order valence-electron chi connectivity index (χ2n) is 8.69. The lowest BCUT2D eigenvalue weighted by atomic mass is 9.96. The van der Waals surface area contributed by atoms with Gasteiger partial charge < -0.3 is 15.5 Å². The minimum absolute atomic E-state index is 0. The number of guanidine groups is 1. The Morgan fingerprint density at radius 3 is 2.74 bits per heavy atom. The summed E-state index contributed by atoms with van der Waals surface area (Å²) in [4.78, 5) is 21.2. The molecule has 1 aromatic carbocycles. The van der Waals surface area contributed by atoms with E-state index in [9.17, 15) is 4.79 Å². The maximum Gasteiger partial charge on any atom is 0.239 e. The molecule has 2 aliphatic rings. The molecule has 1 aliphatic heterocycles. The molecule has 1 unspecified atom stereocenters. The van der Waals surface area contributed by atoms with Crippen molar-refractivity contribution >= 4 is 47.4 Å². The van der Waals surface area contributed by atoms with Crippen molar-refractivity contribution in [3.05, 3.63) is 34.9 Å². The summed E-state index contributed by atoms with van der Waals surface area (Å²) < 4.78 is 0. The largest absolute Gasteiger partial charge is 0.357 e. The fourth-order valence-corrected chi connectivity index (χ4v) is 4.43. The second-order valence-corrected chi connectivity index (χ2v) is 9.13. The molecule has 0 spiro atoms. The van der Waals surface area contributed by atoms with Gasteiger partial charge in [0, 0.05) is 44.2 Å². The van der Waals surface area contributed by atoms with E-state index in [4.69, 9.17) is 16.6 Å². The third-order valence-electron chi connectivity index (χ3n) is 6.18. The van der Waals surface area contributed by atoms with E-state index in [2.05, 4.69) is 34.6 Å². The molecule has 8 heteroatoms. The summed E-state index contributed by atoms with van der Waals surface area (Å²) in [6.07, 6.45) is 5.38. The predicted octanol–water partition coefficient (Wildman–Crippen LogP) is 3.49. The lowest BCUT2D eigenvalue weighted by Gasteiger charge is -2.26. The van der Waals surface area contributed by atoms with E-state index in [1.54, 1.807) is 4.90 Å². The maximum atomic E-state index is 12.3. The van der Waals surface area contributed by atoms with E-state index in [1.807, 2.05) is 26.2 Å². The van der Waals surface area contributed by atoms with E-state index in [0.717, 1.165) is 75.8 Å². The average Bonchev–Trinajstić information content (AvgIpc) is 3.38. The molecule has 1 aromatic rings. The molecule has 0 aromatic heterocycles. The van der Waals surface area contributed by atoms with Crippen molar-refractivity contribution in [2.45, 2.75) is 50.5 Å². The van der Waals surface area contributed by atoms with Gasteiger partial charge in [-0.2, -0.15) is 0 Å². The fraction of sp³-hybridized carbons (Fsp3) is 0.652. The van der Waals surface area contributed by atoms with Gasteiger partial charge >= 0.3 is 0 Å². The molecular weight excluding hydrogens is 525 g/mol. The van der Waals surface area contributed by atoms with E-state index < -0.39 is 0 Å². The Balaban J connectivity index is 0.00000341. The number of amides is 1. The van der Waals surface area contributed by atoms with Crippen LogP contribution in [0.5, 0.6) is 0 Å². The molecule has 0 radical (unpaired) electrons. The Kier molecular flexibility index (Phi) is 10.4. The molecule has 2 fully saturated rings. The number of nitrogens with one attached hydrogen (secondary N) is 2. The minimum Gasteiger partial charge on any atom is -0.357 e. The molecule has 1 atom stereocenters. The Morgan fingerprint density at radius 2 is 2.10 bits per heavy atom. The average molecular weight is 562 g/mol. The van der Waals surface area contributed by atoms with Crippen molar-refractivity contribution in [2.75, 3.05) is 46.8 Å². The van der Waals surface area contributed by atoms with Crippen molar-refractivity contribution in [1.82, 2.24) is 20.4 Å². The number of carbonyl (C=O) groups is 1. The van der Waals surface area contributed by atoms with Gasteiger partial charge in [0.2, 0.25) is 5.91 Å². The van der Waals surface area contributed by atoms with E-state index >= 15 is 0 Å². The van der Waals surface area contributed by atoms with Crippen molar-refractivity contribution in [1.29, 1.82) is 0 Å². The molecule has 1 aliphatic carbocycles.